The van der Waals surface area contributed by atoms with E-state index in [4.69, 9.17) is 5.73 Å². The number of likely N-dealkylation sites (tertiary alicyclic amines) is 1. The Bertz CT molecular complexity index is 652. The number of para-hydroxylation sites is 1. The summed E-state index contributed by atoms with van der Waals surface area (Å²) >= 11 is 0. The van der Waals surface area contributed by atoms with Crippen LogP contribution in [0.4, 0.5) is 0 Å². The number of amides is 1. The van der Waals surface area contributed by atoms with Crippen LogP contribution in [0.2, 0.25) is 0 Å². The van der Waals surface area contributed by atoms with Crippen molar-refractivity contribution in [3.05, 3.63) is 48.3 Å². The molecular weight excluding hydrogens is 276 g/mol. The highest BCUT2D eigenvalue weighted by Crippen LogP contribution is 2.28. The van der Waals surface area contributed by atoms with Crippen LogP contribution in [0.3, 0.4) is 0 Å². The molecule has 2 heterocycles. The summed E-state index contributed by atoms with van der Waals surface area (Å²) < 4.78 is 1.80. The Kier molecular flexibility index (Phi) is 3.98. The van der Waals surface area contributed by atoms with Crippen LogP contribution in [0.1, 0.15) is 18.9 Å². The molecule has 2 N–H and O–H groups in total. The molecule has 1 atom stereocenters. The molecule has 5 heteroatoms. The fourth-order valence-corrected chi connectivity index (χ4v) is 2.86. The molecule has 1 saturated heterocycles. The Hall–Kier alpha value is -2.14. The van der Waals surface area contributed by atoms with Crippen molar-refractivity contribution in [2.45, 2.75) is 19.8 Å². The highest BCUT2D eigenvalue weighted by molar-refractivity contribution is 5.79. The SMILES string of the molecule is CC1(CN)CCN(C(=O)Cc2cnn(-c3ccccc3)c2)C1. The third-order valence-corrected chi connectivity index (χ3v) is 4.42. The van der Waals surface area contributed by atoms with Crippen LogP contribution in [-0.4, -0.2) is 40.2 Å². The number of nitrogens with zero attached hydrogens (tertiary/aromatic N) is 3. The van der Waals surface area contributed by atoms with Crippen LogP contribution in [0.5, 0.6) is 0 Å². The lowest BCUT2D eigenvalue weighted by Crippen LogP contribution is -2.35. The van der Waals surface area contributed by atoms with Crippen LogP contribution in [0.15, 0.2) is 42.7 Å². The first-order chi connectivity index (χ1) is 10.6. The molecule has 1 aromatic heterocycles. The van der Waals surface area contributed by atoms with Gasteiger partial charge < -0.3 is 10.6 Å². The summed E-state index contributed by atoms with van der Waals surface area (Å²) in [5, 5.41) is 4.34. The third kappa shape index (κ3) is 3.04. The van der Waals surface area contributed by atoms with Gasteiger partial charge in [0.05, 0.1) is 18.3 Å². The van der Waals surface area contributed by atoms with E-state index in [9.17, 15) is 4.79 Å². The lowest BCUT2D eigenvalue weighted by molar-refractivity contribution is -0.129. The normalized spacial score (nSPS) is 21.3. The zero-order chi connectivity index (χ0) is 15.6. The number of hydrogen-bond acceptors (Lipinski definition) is 3. The predicted molar refractivity (Wildman–Crippen MR) is 85.6 cm³/mol. The van der Waals surface area contributed by atoms with E-state index in [-0.39, 0.29) is 11.3 Å². The molecule has 0 radical (unpaired) electrons. The van der Waals surface area contributed by atoms with Gasteiger partial charge in [-0.3, -0.25) is 4.79 Å². The maximum absolute atomic E-state index is 12.4. The maximum atomic E-state index is 12.4. The number of nitrogens with two attached hydrogens (primary N) is 1. The second-order valence-corrected chi connectivity index (χ2v) is 6.39. The second kappa shape index (κ2) is 5.93. The summed E-state index contributed by atoms with van der Waals surface area (Å²) in [4.78, 5) is 14.3. The van der Waals surface area contributed by atoms with Gasteiger partial charge in [-0.25, -0.2) is 4.68 Å². The average molecular weight is 298 g/mol. The Balaban J connectivity index is 1.65. The lowest BCUT2D eigenvalue weighted by Gasteiger charge is -2.22. The molecule has 1 amide bonds. The summed E-state index contributed by atoms with van der Waals surface area (Å²) in [6.45, 7) is 4.34. The monoisotopic (exact) mass is 298 g/mol. The van der Waals surface area contributed by atoms with Gasteiger partial charge in [0, 0.05) is 19.3 Å². The van der Waals surface area contributed by atoms with E-state index in [1.165, 1.54) is 0 Å². The highest BCUT2D eigenvalue weighted by atomic mass is 16.2. The number of carbonyl (C=O) groups excluding carboxylic acids is 1. The van der Waals surface area contributed by atoms with Gasteiger partial charge in [0.25, 0.3) is 0 Å². The Morgan fingerprint density at radius 3 is 2.82 bits per heavy atom. The molecule has 0 spiro atoms. The molecule has 22 heavy (non-hydrogen) atoms. The molecule has 1 aliphatic heterocycles. The van der Waals surface area contributed by atoms with Gasteiger partial charge in [0.1, 0.15) is 0 Å². The number of rotatable bonds is 4. The predicted octanol–water partition coefficient (Wildman–Crippen LogP) is 1.61. The van der Waals surface area contributed by atoms with Gasteiger partial charge in [0.15, 0.2) is 0 Å². The topological polar surface area (TPSA) is 64.2 Å². The van der Waals surface area contributed by atoms with Gasteiger partial charge in [0.2, 0.25) is 5.91 Å². The van der Waals surface area contributed by atoms with Crippen molar-refractivity contribution in [2.75, 3.05) is 19.6 Å². The minimum atomic E-state index is 0.0733. The van der Waals surface area contributed by atoms with Crippen molar-refractivity contribution in [3.8, 4) is 5.69 Å². The zero-order valence-electron chi connectivity index (χ0n) is 12.9. The fourth-order valence-electron chi connectivity index (χ4n) is 2.86. The summed E-state index contributed by atoms with van der Waals surface area (Å²) in [5.74, 6) is 0.157. The summed E-state index contributed by atoms with van der Waals surface area (Å²) in [6, 6.07) is 9.90. The summed E-state index contributed by atoms with van der Waals surface area (Å²) in [7, 11) is 0. The van der Waals surface area contributed by atoms with Crippen molar-refractivity contribution >= 4 is 5.91 Å². The fraction of sp³-hybridized carbons (Fsp3) is 0.412. The van der Waals surface area contributed by atoms with Gasteiger partial charge in [-0.05, 0) is 36.1 Å². The Labute approximate surface area is 130 Å². The third-order valence-electron chi connectivity index (χ3n) is 4.42. The van der Waals surface area contributed by atoms with E-state index in [2.05, 4.69) is 12.0 Å². The largest absolute Gasteiger partial charge is 0.342 e. The van der Waals surface area contributed by atoms with E-state index in [1.807, 2.05) is 41.4 Å². The number of aromatic nitrogens is 2. The molecule has 0 bridgehead atoms. The quantitative estimate of drug-likeness (QED) is 0.932. The smallest absolute Gasteiger partial charge is 0.227 e. The van der Waals surface area contributed by atoms with E-state index in [1.54, 1.807) is 10.9 Å². The first-order valence-corrected chi connectivity index (χ1v) is 7.66. The van der Waals surface area contributed by atoms with Crippen LogP contribution in [0, 0.1) is 5.41 Å². The zero-order valence-corrected chi connectivity index (χ0v) is 12.9. The van der Waals surface area contributed by atoms with Gasteiger partial charge >= 0.3 is 0 Å². The van der Waals surface area contributed by atoms with Crippen molar-refractivity contribution in [1.29, 1.82) is 0 Å². The standard InChI is InChI=1S/C17H22N4O/c1-17(12-18)7-8-20(13-17)16(22)9-14-10-19-21(11-14)15-5-3-2-4-6-15/h2-6,10-11H,7-9,12-13,18H2,1H3. The van der Waals surface area contributed by atoms with E-state index in [0.29, 0.717) is 13.0 Å². The molecule has 5 nitrogen and oxygen atoms in total. The second-order valence-electron chi connectivity index (χ2n) is 6.39. The van der Waals surface area contributed by atoms with E-state index < -0.39 is 0 Å². The highest BCUT2D eigenvalue weighted by Gasteiger charge is 2.34. The minimum absolute atomic E-state index is 0.0733. The minimum Gasteiger partial charge on any atom is -0.342 e. The first-order valence-electron chi connectivity index (χ1n) is 7.66. The first kappa shape index (κ1) is 14.8. The van der Waals surface area contributed by atoms with Crippen molar-refractivity contribution in [3.63, 3.8) is 0 Å². The molecule has 1 unspecified atom stereocenters. The van der Waals surface area contributed by atoms with E-state index >= 15 is 0 Å². The van der Waals surface area contributed by atoms with Crippen molar-refractivity contribution in [2.24, 2.45) is 11.1 Å². The molecular formula is C17H22N4O. The van der Waals surface area contributed by atoms with Crippen molar-refractivity contribution in [1.82, 2.24) is 14.7 Å². The van der Waals surface area contributed by atoms with E-state index in [0.717, 1.165) is 30.8 Å². The van der Waals surface area contributed by atoms with Crippen LogP contribution >= 0.6 is 0 Å². The summed E-state index contributed by atoms with van der Waals surface area (Å²) in [5.41, 5.74) is 7.81. The molecule has 116 valence electrons. The molecule has 0 aliphatic carbocycles. The average Bonchev–Trinajstić information content (AvgIpc) is 3.16. The molecule has 3 rings (SSSR count). The number of benzene rings is 1. The number of hydrogen-bond donors (Lipinski definition) is 1. The van der Waals surface area contributed by atoms with Crippen molar-refractivity contribution < 1.29 is 4.79 Å². The number of carbonyl (C=O) groups is 1. The summed E-state index contributed by atoms with van der Waals surface area (Å²) in [6.07, 6.45) is 5.07. The van der Waals surface area contributed by atoms with Gasteiger partial charge in [-0.1, -0.05) is 25.1 Å². The van der Waals surface area contributed by atoms with Gasteiger partial charge in [-0.15, -0.1) is 0 Å². The van der Waals surface area contributed by atoms with Crippen LogP contribution < -0.4 is 5.73 Å². The Morgan fingerprint density at radius 2 is 2.14 bits per heavy atom. The lowest BCUT2D eigenvalue weighted by atomic mass is 9.90. The van der Waals surface area contributed by atoms with Crippen LogP contribution in [0.25, 0.3) is 5.69 Å². The molecule has 1 aromatic carbocycles. The molecule has 1 aliphatic rings. The molecule has 2 aromatic rings. The Morgan fingerprint density at radius 1 is 1.36 bits per heavy atom. The maximum Gasteiger partial charge on any atom is 0.227 e. The van der Waals surface area contributed by atoms with Gasteiger partial charge in [-0.2, -0.15) is 5.10 Å². The molecule has 1 fully saturated rings. The van der Waals surface area contributed by atoms with Crippen LogP contribution in [-0.2, 0) is 11.2 Å². The molecule has 0 saturated carbocycles.